The minimum absolute atomic E-state index is 0.150. The number of nitrogens with two attached hydrogens (primary N) is 2. The van der Waals surface area contributed by atoms with Crippen molar-refractivity contribution in [2.75, 3.05) is 0 Å². The Bertz CT molecular complexity index is 505. The van der Waals surface area contributed by atoms with E-state index >= 15 is 0 Å². The molecular weight excluding hydrogens is 252 g/mol. The lowest BCUT2D eigenvalue weighted by Gasteiger charge is -2.27. The summed E-state index contributed by atoms with van der Waals surface area (Å²) in [4.78, 5) is 11.0. The number of hydrogen-bond acceptors (Lipinski definition) is 4. The van der Waals surface area contributed by atoms with Crippen LogP contribution in [0.25, 0.3) is 0 Å². The van der Waals surface area contributed by atoms with Crippen molar-refractivity contribution in [2.45, 2.75) is 39.8 Å². The van der Waals surface area contributed by atoms with Crippen molar-refractivity contribution >= 4 is 5.78 Å². The molecule has 1 aliphatic rings. The highest BCUT2D eigenvalue weighted by Crippen LogP contribution is 2.32. The van der Waals surface area contributed by atoms with E-state index < -0.39 is 6.17 Å². The summed E-state index contributed by atoms with van der Waals surface area (Å²) in [6.45, 7) is 6.31. The summed E-state index contributed by atoms with van der Waals surface area (Å²) in [5, 5.41) is 9.12. The molecule has 2 rings (SSSR count). The smallest absolute Gasteiger partial charge is 0.156 e. The van der Waals surface area contributed by atoms with Crippen molar-refractivity contribution in [3.63, 3.8) is 0 Å². The molecule has 1 aromatic carbocycles. The molecule has 0 fully saturated rings. The Kier molecular flexibility index (Phi) is 5.48. The van der Waals surface area contributed by atoms with Gasteiger partial charge in [0.1, 0.15) is 5.75 Å². The molecule has 5 N–H and O–H groups in total. The number of ketones is 1. The highest BCUT2D eigenvalue weighted by atomic mass is 16.3. The number of para-hydroxylation sites is 1. The van der Waals surface area contributed by atoms with Crippen molar-refractivity contribution in [1.29, 1.82) is 0 Å². The van der Waals surface area contributed by atoms with Crippen molar-refractivity contribution in [2.24, 2.45) is 16.9 Å². The molecule has 0 aromatic heterocycles. The SMILES string of the molecule is CC1=CC(=O)CC(C)(C)C1.NC(N)c1ccccc1O. The Hall–Kier alpha value is -1.65. The highest BCUT2D eigenvalue weighted by Gasteiger charge is 2.25. The fourth-order valence-electron chi connectivity index (χ4n) is 2.44. The number of phenolic OH excluding ortho intramolecular Hbond substituents is 1. The van der Waals surface area contributed by atoms with E-state index in [2.05, 4.69) is 13.8 Å². The number of carbonyl (C=O) groups is 1. The van der Waals surface area contributed by atoms with Crippen LogP contribution in [0.2, 0.25) is 0 Å². The van der Waals surface area contributed by atoms with Crippen molar-refractivity contribution in [3.05, 3.63) is 41.5 Å². The van der Waals surface area contributed by atoms with Crippen molar-refractivity contribution < 1.29 is 9.90 Å². The summed E-state index contributed by atoms with van der Waals surface area (Å²) in [7, 11) is 0. The van der Waals surface area contributed by atoms with Gasteiger partial charge in [0.2, 0.25) is 0 Å². The molecule has 1 aliphatic carbocycles. The largest absolute Gasteiger partial charge is 0.508 e. The maximum atomic E-state index is 11.0. The summed E-state index contributed by atoms with van der Waals surface area (Å²) in [5.41, 5.74) is 12.7. The second-order valence-corrected chi connectivity index (χ2v) is 6.06. The van der Waals surface area contributed by atoms with Crippen LogP contribution in [0.1, 0.15) is 45.3 Å². The zero-order valence-corrected chi connectivity index (χ0v) is 12.4. The van der Waals surface area contributed by atoms with Gasteiger partial charge in [-0.3, -0.25) is 4.79 Å². The van der Waals surface area contributed by atoms with Crippen LogP contribution in [0.4, 0.5) is 0 Å². The van der Waals surface area contributed by atoms with Crippen molar-refractivity contribution in [1.82, 2.24) is 0 Å². The first-order chi connectivity index (χ1) is 9.21. The number of benzene rings is 1. The van der Waals surface area contributed by atoms with E-state index in [1.807, 2.05) is 6.92 Å². The van der Waals surface area contributed by atoms with Crippen LogP contribution in [0.3, 0.4) is 0 Å². The molecule has 0 atom stereocenters. The number of rotatable bonds is 1. The van der Waals surface area contributed by atoms with Gasteiger partial charge in [-0.2, -0.15) is 0 Å². The van der Waals surface area contributed by atoms with E-state index in [1.54, 1.807) is 30.3 Å². The van der Waals surface area contributed by atoms with Crippen LogP contribution >= 0.6 is 0 Å². The van der Waals surface area contributed by atoms with E-state index in [4.69, 9.17) is 16.6 Å². The van der Waals surface area contributed by atoms with Gasteiger partial charge in [-0.15, -0.1) is 0 Å². The Balaban J connectivity index is 0.000000200. The molecule has 20 heavy (non-hydrogen) atoms. The third-order valence-electron chi connectivity index (χ3n) is 3.11. The first kappa shape index (κ1) is 16.4. The lowest BCUT2D eigenvalue weighted by Crippen LogP contribution is -2.20. The zero-order chi connectivity index (χ0) is 15.3. The van der Waals surface area contributed by atoms with Gasteiger partial charge < -0.3 is 16.6 Å². The lowest BCUT2D eigenvalue weighted by molar-refractivity contribution is -0.117. The number of carbonyl (C=O) groups excluding carboxylic acids is 1. The van der Waals surface area contributed by atoms with E-state index in [1.165, 1.54) is 5.57 Å². The summed E-state index contributed by atoms with van der Waals surface area (Å²) in [6, 6.07) is 6.76. The molecule has 0 aliphatic heterocycles. The van der Waals surface area contributed by atoms with Gasteiger partial charge >= 0.3 is 0 Å². The minimum atomic E-state index is -0.596. The molecule has 1 aromatic rings. The third-order valence-corrected chi connectivity index (χ3v) is 3.11. The standard InChI is InChI=1S/C9H14O.C7H10N2O/c1-7-4-8(10)6-9(2,3)5-7;8-7(9)5-3-1-2-4-6(5)10/h4H,5-6H2,1-3H3;1-4,7,10H,8-9H2. The molecule has 4 heteroatoms. The second-order valence-electron chi connectivity index (χ2n) is 6.06. The van der Waals surface area contributed by atoms with E-state index in [-0.39, 0.29) is 16.9 Å². The average molecular weight is 276 g/mol. The Labute approximate surface area is 120 Å². The average Bonchev–Trinajstić information content (AvgIpc) is 2.26. The van der Waals surface area contributed by atoms with E-state index in [0.29, 0.717) is 12.0 Å². The van der Waals surface area contributed by atoms with Crippen LogP contribution in [-0.4, -0.2) is 10.9 Å². The molecular formula is C16H24N2O2. The minimum Gasteiger partial charge on any atom is -0.508 e. The fourth-order valence-corrected chi connectivity index (χ4v) is 2.44. The van der Waals surface area contributed by atoms with Crippen LogP contribution in [0, 0.1) is 5.41 Å². The number of hydrogen-bond donors (Lipinski definition) is 3. The molecule has 0 saturated heterocycles. The first-order valence-corrected chi connectivity index (χ1v) is 6.70. The summed E-state index contributed by atoms with van der Waals surface area (Å²) in [6.07, 6.45) is 2.95. The molecule has 0 saturated carbocycles. The van der Waals surface area contributed by atoms with E-state index in [9.17, 15) is 4.79 Å². The van der Waals surface area contributed by atoms with Gasteiger partial charge in [-0.05, 0) is 30.9 Å². The molecule has 0 radical (unpaired) electrons. The van der Waals surface area contributed by atoms with Crippen molar-refractivity contribution in [3.8, 4) is 5.75 Å². The van der Waals surface area contributed by atoms with Gasteiger partial charge in [0, 0.05) is 12.0 Å². The molecule has 0 spiro atoms. The van der Waals surface area contributed by atoms with E-state index in [0.717, 1.165) is 6.42 Å². The molecule has 0 amide bonds. The van der Waals surface area contributed by atoms with Gasteiger partial charge in [-0.25, -0.2) is 0 Å². The monoisotopic (exact) mass is 276 g/mol. The fraction of sp³-hybridized carbons (Fsp3) is 0.438. The first-order valence-electron chi connectivity index (χ1n) is 6.70. The third kappa shape index (κ3) is 5.15. The lowest BCUT2D eigenvalue weighted by atomic mass is 9.77. The summed E-state index contributed by atoms with van der Waals surface area (Å²) in [5.74, 6) is 0.436. The number of allylic oxidation sites excluding steroid dienone is 2. The van der Waals surface area contributed by atoms with Crippen LogP contribution < -0.4 is 11.5 Å². The second kappa shape index (κ2) is 6.68. The predicted octanol–water partition coefficient (Wildman–Crippen LogP) is 2.63. The Morgan fingerprint density at radius 2 is 1.80 bits per heavy atom. The molecule has 4 nitrogen and oxygen atoms in total. The molecule has 0 unspecified atom stereocenters. The zero-order valence-electron chi connectivity index (χ0n) is 12.4. The van der Waals surface area contributed by atoms with Crippen LogP contribution in [-0.2, 0) is 4.79 Å². The predicted molar refractivity (Wildman–Crippen MR) is 81.0 cm³/mol. The summed E-state index contributed by atoms with van der Waals surface area (Å²) >= 11 is 0. The molecule has 0 bridgehead atoms. The molecule has 110 valence electrons. The number of phenols is 1. The van der Waals surface area contributed by atoms with Crippen LogP contribution in [0.5, 0.6) is 5.75 Å². The topological polar surface area (TPSA) is 89.3 Å². The van der Waals surface area contributed by atoms with Gasteiger partial charge in [0.25, 0.3) is 0 Å². The Morgan fingerprint density at radius 1 is 1.20 bits per heavy atom. The highest BCUT2D eigenvalue weighted by molar-refractivity contribution is 5.91. The molecule has 0 heterocycles. The number of aromatic hydroxyl groups is 1. The maximum Gasteiger partial charge on any atom is 0.156 e. The van der Waals surface area contributed by atoms with Gasteiger partial charge in [0.05, 0.1) is 6.17 Å². The maximum absolute atomic E-state index is 11.0. The Morgan fingerprint density at radius 3 is 2.20 bits per heavy atom. The quantitative estimate of drug-likeness (QED) is 0.688. The summed E-state index contributed by atoms with van der Waals surface area (Å²) < 4.78 is 0. The van der Waals surface area contributed by atoms with Gasteiger partial charge in [0.15, 0.2) is 5.78 Å². The van der Waals surface area contributed by atoms with Gasteiger partial charge in [-0.1, -0.05) is 37.6 Å². The van der Waals surface area contributed by atoms with Crippen LogP contribution in [0.15, 0.2) is 35.9 Å². The normalized spacial score (nSPS) is 17.3.